The molecule has 5 nitrogen and oxygen atoms in total. The fraction of sp³-hybridized carbons (Fsp3) is 0.750. The normalized spacial score (nSPS) is 14.0. The van der Waals surface area contributed by atoms with Crippen molar-refractivity contribution in [3.63, 3.8) is 0 Å². The number of nitroso groups, excluding NO2 is 1. The lowest BCUT2D eigenvalue weighted by atomic mass is 9.87. The molecular formula is C8H13ClN4O. The molecule has 0 aliphatic heterocycles. The Hall–Kier alpha value is -0.970. The van der Waals surface area contributed by atoms with Crippen molar-refractivity contribution in [3.05, 3.63) is 16.5 Å². The van der Waals surface area contributed by atoms with E-state index in [1.807, 2.05) is 20.8 Å². The van der Waals surface area contributed by atoms with Gasteiger partial charge in [-0.25, -0.2) is 9.67 Å². The van der Waals surface area contributed by atoms with Gasteiger partial charge in [-0.1, -0.05) is 25.9 Å². The fourth-order valence-electron chi connectivity index (χ4n) is 1.00. The van der Waals surface area contributed by atoms with Crippen molar-refractivity contribution in [1.29, 1.82) is 0 Å². The van der Waals surface area contributed by atoms with Crippen LogP contribution in [0.2, 0.25) is 5.28 Å². The van der Waals surface area contributed by atoms with Gasteiger partial charge in [0.2, 0.25) is 5.28 Å². The quantitative estimate of drug-likeness (QED) is 0.727. The van der Waals surface area contributed by atoms with Gasteiger partial charge in [0, 0.05) is 0 Å². The maximum atomic E-state index is 10.6. The van der Waals surface area contributed by atoms with E-state index in [-0.39, 0.29) is 16.7 Å². The van der Waals surface area contributed by atoms with E-state index in [2.05, 4.69) is 15.3 Å². The molecule has 0 radical (unpaired) electrons. The van der Waals surface area contributed by atoms with E-state index in [9.17, 15) is 4.91 Å². The summed E-state index contributed by atoms with van der Waals surface area (Å²) in [6.45, 7) is 6.28. The Morgan fingerprint density at radius 2 is 2.29 bits per heavy atom. The molecule has 1 aromatic heterocycles. The molecule has 6 heteroatoms. The molecule has 1 atom stereocenters. The van der Waals surface area contributed by atoms with Gasteiger partial charge in [-0.2, -0.15) is 4.91 Å². The molecule has 0 aliphatic rings. The van der Waals surface area contributed by atoms with Crippen molar-refractivity contribution >= 4 is 11.6 Å². The number of rotatable bonds is 3. The molecule has 1 unspecified atom stereocenters. The maximum Gasteiger partial charge on any atom is 0.242 e. The van der Waals surface area contributed by atoms with Crippen LogP contribution >= 0.6 is 11.6 Å². The molecule has 0 saturated carbocycles. The van der Waals surface area contributed by atoms with Gasteiger partial charge in [0.05, 0.1) is 6.54 Å². The third-order valence-electron chi connectivity index (χ3n) is 2.00. The Morgan fingerprint density at radius 1 is 1.64 bits per heavy atom. The zero-order chi connectivity index (χ0) is 10.8. The predicted molar refractivity (Wildman–Crippen MR) is 54.1 cm³/mol. The van der Waals surface area contributed by atoms with Crippen LogP contribution in [0.5, 0.6) is 0 Å². The summed E-state index contributed by atoms with van der Waals surface area (Å²) in [7, 11) is 0. The van der Waals surface area contributed by atoms with Crippen LogP contribution in [0.4, 0.5) is 0 Å². The maximum absolute atomic E-state index is 10.6. The zero-order valence-electron chi connectivity index (χ0n) is 8.44. The molecule has 0 N–H and O–H groups in total. The van der Waals surface area contributed by atoms with Crippen LogP contribution in [0, 0.1) is 10.3 Å². The van der Waals surface area contributed by atoms with E-state index >= 15 is 0 Å². The molecule has 1 aromatic rings. The fourth-order valence-corrected chi connectivity index (χ4v) is 1.14. The lowest BCUT2D eigenvalue weighted by molar-refractivity contribution is 0.283. The van der Waals surface area contributed by atoms with Crippen molar-refractivity contribution < 1.29 is 0 Å². The largest absolute Gasteiger partial charge is 0.249 e. The van der Waals surface area contributed by atoms with E-state index < -0.39 is 0 Å². The summed E-state index contributed by atoms with van der Waals surface area (Å²) in [4.78, 5) is 14.4. The van der Waals surface area contributed by atoms with Crippen molar-refractivity contribution in [1.82, 2.24) is 14.8 Å². The molecule has 0 fully saturated rings. The third-order valence-corrected chi connectivity index (χ3v) is 2.17. The molecule has 0 saturated heterocycles. The van der Waals surface area contributed by atoms with Gasteiger partial charge in [-0.05, 0) is 17.0 Å². The van der Waals surface area contributed by atoms with E-state index in [1.54, 1.807) is 0 Å². The first-order chi connectivity index (χ1) is 6.43. The van der Waals surface area contributed by atoms with Crippen molar-refractivity contribution in [2.24, 2.45) is 10.6 Å². The SMILES string of the molecule is CC(C)(C)C(Cn1cnc(Cl)n1)N=O. The average molecular weight is 217 g/mol. The van der Waals surface area contributed by atoms with Crippen LogP contribution in [-0.2, 0) is 6.54 Å². The zero-order valence-corrected chi connectivity index (χ0v) is 9.19. The highest BCUT2D eigenvalue weighted by molar-refractivity contribution is 6.28. The molecule has 1 heterocycles. The minimum atomic E-state index is -0.333. The first kappa shape index (κ1) is 11.1. The van der Waals surface area contributed by atoms with Gasteiger partial charge < -0.3 is 0 Å². The summed E-state index contributed by atoms with van der Waals surface area (Å²) in [5, 5.41) is 7.15. The summed E-state index contributed by atoms with van der Waals surface area (Å²) in [6.07, 6.45) is 1.49. The third kappa shape index (κ3) is 2.77. The van der Waals surface area contributed by atoms with Crippen LogP contribution in [0.15, 0.2) is 11.5 Å². The molecule has 1 rings (SSSR count). The Bertz CT molecular complexity index is 317. The highest BCUT2D eigenvalue weighted by Crippen LogP contribution is 2.23. The lowest BCUT2D eigenvalue weighted by Crippen LogP contribution is -2.29. The first-order valence-corrected chi connectivity index (χ1v) is 4.68. The Labute approximate surface area is 87.4 Å². The number of hydrogen-bond donors (Lipinski definition) is 0. The van der Waals surface area contributed by atoms with Gasteiger partial charge in [-0.3, -0.25) is 0 Å². The number of halogens is 1. The molecule has 0 aromatic carbocycles. The summed E-state index contributed by atoms with van der Waals surface area (Å²) < 4.78 is 1.53. The van der Waals surface area contributed by atoms with Crippen LogP contribution in [0.3, 0.4) is 0 Å². The van der Waals surface area contributed by atoms with Crippen LogP contribution in [-0.4, -0.2) is 20.8 Å². The summed E-state index contributed by atoms with van der Waals surface area (Å²) in [5.74, 6) is 0. The van der Waals surface area contributed by atoms with Gasteiger partial charge in [0.15, 0.2) is 0 Å². The molecule has 0 amide bonds. The summed E-state index contributed by atoms with van der Waals surface area (Å²) in [6, 6.07) is -0.333. The monoisotopic (exact) mass is 216 g/mol. The van der Waals surface area contributed by atoms with Gasteiger partial charge in [0.25, 0.3) is 0 Å². The second-order valence-corrected chi connectivity index (χ2v) is 4.56. The molecule has 0 bridgehead atoms. The van der Waals surface area contributed by atoms with Crippen LogP contribution < -0.4 is 0 Å². The van der Waals surface area contributed by atoms with E-state index in [4.69, 9.17) is 11.6 Å². The number of hydrogen-bond acceptors (Lipinski definition) is 4. The topological polar surface area (TPSA) is 60.1 Å². The predicted octanol–water partition coefficient (Wildman–Crippen LogP) is 2.11. The molecular weight excluding hydrogens is 204 g/mol. The average Bonchev–Trinajstić information content (AvgIpc) is 2.45. The van der Waals surface area contributed by atoms with Crippen molar-refractivity contribution in [2.45, 2.75) is 33.4 Å². The van der Waals surface area contributed by atoms with Gasteiger partial charge in [-0.15, -0.1) is 5.10 Å². The number of nitrogens with zero attached hydrogens (tertiary/aromatic N) is 4. The van der Waals surface area contributed by atoms with Crippen LogP contribution in [0.1, 0.15) is 20.8 Å². The number of aromatic nitrogens is 3. The molecule has 14 heavy (non-hydrogen) atoms. The van der Waals surface area contributed by atoms with Gasteiger partial charge in [0.1, 0.15) is 12.4 Å². The van der Waals surface area contributed by atoms with E-state index in [0.717, 1.165) is 0 Å². The standard InChI is InChI=1S/C8H13ClN4O/c1-8(2,3)6(12-14)4-13-5-10-7(9)11-13/h5-6H,4H2,1-3H3. The van der Waals surface area contributed by atoms with E-state index in [0.29, 0.717) is 6.54 Å². The Morgan fingerprint density at radius 3 is 2.64 bits per heavy atom. The van der Waals surface area contributed by atoms with Crippen molar-refractivity contribution in [2.75, 3.05) is 0 Å². The van der Waals surface area contributed by atoms with Crippen molar-refractivity contribution in [3.8, 4) is 0 Å². The molecule has 78 valence electrons. The molecule has 0 aliphatic carbocycles. The highest BCUT2D eigenvalue weighted by Gasteiger charge is 2.26. The lowest BCUT2D eigenvalue weighted by Gasteiger charge is -2.23. The van der Waals surface area contributed by atoms with E-state index in [1.165, 1.54) is 11.0 Å². The minimum Gasteiger partial charge on any atom is -0.249 e. The highest BCUT2D eigenvalue weighted by atomic mass is 35.5. The summed E-state index contributed by atoms with van der Waals surface area (Å²) >= 11 is 5.55. The first-order valence-electron chi connectivity index (χ1n) is 4.31. The second kappa shape index (κ2) is 4.04. The Kier molecular flexibility index (Phi) is 3.21. The van der Waals surface area contributed by atoms with Gasteiger partial charge >= 0.3 is 0 Å². The van der Waals surface area contributed by atoms with Crippen LogP contribution in [0.25, 0.3) is 0 Å². The smallest absolute Gasteiger partial charge is 0.242 e. The summed E-state index contributed by atoms with van der Waals surface area (Å²) in [5.41, 5.74) is -0.180. The Balaban J connectivity index is 2.71. The minimum absolute atomic E-state index is 0.180. The molecule has 0 spiro atoms. The second-order valence-electron chi connectivity index (χ2n) is 4.22.